The van der Waals surface area contributed by atoms with Gasteiger partial charge in [0.15, 0.2) is 11.5 Å². The van der Waals surface area contributed by atoms with Crippen LogP contribution in [0.3, 0.4) is 0 Å². The maximum absolute atomic E-state index is 12.4. The summed E-state index contributed by atoms with van der Waals surface area (Å²) in [6.07, 6.45) is 5.20. The van der Waals surface area contributed by atoms with Gasteiger partial charge >= 0.3 is 6.61 Å². The minimum absolute atomic E-state index is 0.0344. The standard InChI is InChI=1S/C16H20F2N2O5/c1-3-4-5-8-19-15(21)7-6-11-9-13(24-2)14(25-16(17)18)10-12(11)20(22)23/h6-7,9-10,16H,3-5,8H2,1-2H3,(H,19,21)/b7-6+. The zero-order chi connectivity index (χ0) is 18.8. The van der Waals surface area contributed by atoms with E-state index in [1.54, 1.807) is 0 Å². The number of alkyl halides is 2. The topological polar surface area (TPSA) is 90.7 Å². The summed E-state index contributed by atoms with van der Waals surface area (Å²) in [6.45, 7) is -0.608. The molecule has 0 unspecified atom stereocenters. The van der Waals surface area contributed by atoms with E-state index in [2.05, 4.69) is 10.1 Å². The first-order valence-corrected chi connectivity index (χ1v) is 7.66. The molecule has 0 aromatic heterocycles. The number of unbranched alkanes of at least 4 members (excludes halogenated alkanes) is 2. The van der Waals surface area contributed by atoms with Gasteiger partial charge in [0.25, 0.3) is 5.69 Å². The number of rotatable bonds is 10. The number of nitro groups is 1. The lowest BCUT2D eigenvalue weighted by Gasteiger charge is -2.10. The third kappa shape index (κ3) is 6.74. The molecule has 1 aromatic carbocycles. The van der Waals surface area contributed by atoms with Gasteiger partial charge in [-0.2, -0.15) is 8.78 Å². The van der Waals surface area contributed by atoms with Crippen molar-refractivity contribution in [2.45, 2.75) is 32.8 Å². The SMILES string of the molecule is CCCCCNC(=O)/C=C/c1cc(OC)c(OC(F)F)cc1[N+](=O)[O-]. The van der Waals surface area contributed by atoms with Gasteiger partial charge in [0.1, 0.15) is 0 Å². The first-order valence-electron chi connectivity index (χ1n) is 7.66. The van der Waals surface area contributed by atoms with Crippen molar-refractivity contribution in [2.24, 2.45) is 0 Å². The van der Waals surface area contributed by atoms with Crippen LogP contribution in [0.1, 0.15) is 31.7 Å². The molecule has 7 nitrogen and oxygen atoms in total. The van der Waals surface area contributed by atoms with Crippen LogP contribution in [0, 0.1) is 10.1 Å². The molecule has 1 amide bonds. The first-order chi connectivity index (χ1) is 11.9. The number of nitrogens with zero attached hydrogens (tertiary/aromatic N) is 1. The van der Waals surface area contributed by atoms with Gasteiger partial charge in [0, 0.05) is 12.6 Å². The van der Waals surface area contributed by atoms with Crippen LogP contribution >= 0.6 is 0 Å². The van der Waals surface area contributed by atoms with Gasteiger partial charge in [-0.1, -0.05) is 19.8 Å². The van der Waals surface area contributed by atoms with E-state index in [0.29, 0.717) is 6.54 Å². The summed E-state index contributed by atoms with van der Waals surface area (Å²) in [5, 5.41) is 13.8. The van der Waals surface area contributed by atoms with Crippen LogP contribution in [0.15, 0.2) is 18.2 Å². The number of amides is 1. The largest absolute Gasteiger partial charge is 0.493 e. The quantitative estimate of drug-likeness (QED) is 0.299. The van der Waals surface area contributed by atoms with Crippen molar-refractivity contribution in [3.8, 4) is 11.5 Å². The van der Waals surface area contributed by atoms with Crippen molar-refractivity contribution in [3.63, 3.8) is 0 Å². The second-order valence-corrected chi connectivity index (χ2v) is 5.03. The Morgan fingerprint density at radius 3 is 2.64 bits per heavy atom. The van der Waals surface area contributed by atoms with E-state index in [1.807, 2.05) is 6.92 Å². The molecule has 0 aliphatic rings. The lowest BCUT2D eigenvalue weighted by atomic mass is 10.1. The summed E-state index contributed by atoms with van der Waals surface area (Å²) in [6, 6.07) is 2.00. The van der Waals surface area contributed by atoms with Crippen LogP contribution in [0.25, 0.3) is 6.08 Å². The molecular formula is C16H20F2N2O5. The predicted octanol–water partition coefficient (Wildman–Crippen LogP) is 3.52. The van der Waals surface area contributed by atoms with Gasteiger partial charge in [-0.25, -0.2) is 0 Å². The molecule has 25 heavy (non-hydrogen) atoms. The monoisotopic (exact) mass is 358 g/mol. The lowest BCUT2D eigenvalue weighted by Crippen LogP contribution is -2.21. The van der Waals surface area contributed by atoms with Crippen LogP contribution in [-0.4, -0.2) is 31.1 Å². The molecule has 0 radical (unpaired) electrons. The molecule has 1 aromatic rings. The molecule has 9 heteroatoms. The minimum Gasteiger partial charge on any atom is -0.493 e. The molecule has 1 N–H and O–H groups in total. The average molecular weight is 358 g/mol. The third-order valence-electron chi connectivity index (χ3n) is 3.22. The Bertz CT molecular complexity index is 635. The summed E-state index contributed by atoms with van der Waals surface area (Å²) in [4.78, 5) is 22.1. The minimum atomic E-state index is -3.15. The molecule has 0 bridgehead atoms. The summed E-state index contributed by atoms with van der Waals surface area (Å²) in [5.74, 6) is -0.962. The van der Waals surface area contributed by atoms with Gasteiger partial charge < -0.3 is 14.8 Å². The highest BCUT2D eigenvalue weighted by atomic mass is 19.3. The first kappa shape index (κ1) is 20.3. The Morgan fingerprint density at radius 1 is 1.36 bits per heavy atom. The van der Waals surface area contributed by atoms with E-state index in [-0.39, 0.29) is 11.3 Å². The maximum atomic E-state index is 12.4. The molecule has 0 heterocycles. The zero-order valence-corrected chi connectivity index (χ0v) is 14.0. The number of ether oxygens (including phenoxy) is 2. The number of hydrogen-bond acceptors (Lipinski definition) is 5. The fourth-order valence-corrected chi connectivity index (χ4v) is 2.02. The lowest BCUT2D eigenvalue weighted by molar-refractivity contribution is -0.385. The predicted molar refractivity (Wildman–Crippen MR) is 87.8 cm³/mol. The van der Waals surface area contributed by atoms with Gasteiger partial charge in [-0.05, 0) is 18.6 Å². The second kappa shape index (κ2) is 10.2. The molecule has 0 aliphatic carbocycles. The third-order valence-corrected chi connectivity index (χ3v) is 3.22. The molecule has 1 rings (SSSR count). The van der Waals surface area contributed by atoms with Crippen LogP contribution in [-0.2, 0) is 4.79 Å². The highest BCUT2D eigenvalue weighted by Crippen LogP contribution is 2.36. The second-order valence-electron chi connectivity index (χ2n) is 5.03. The fraction of sp³-hybridized carbons (Fsp3) is 0.438. The Labute approximate surface area is 143 Å². The van der Waals surface area contributed by atoms with Crippen molar-refractivity contribution in [1.82, 2.24) is 5.32 Å². The van der Waals surface area contributed by atoms with E-state index in [0.717, 1.165) is 37.5 Å². The maximum Gasteiger partial charge on any atom is 0.387 e. The summed E-state index contributed by atoms with van der Waals surface area (Å²) < 4.78 is 33.9. The molecule has 0 fully saturated rings. The average Bonchev–Trinajstić information content (AvgIpc) is 2.56. The van der Waals surface area contributed by atoms with Gasteiger partial charge in [-0.15, -0.1) is 0 Å². The smallest absolute Gasteiger partial charge is 0.387 e. The van der Waals surface area contributed by atoms with Crippen molar-refractivity contribution in [2.75, 3.05) is 13.7 Å². The normalized spacial score (nSPS) is 10.9. The number of benzene rings is 1. The highest BCUT2D eigenvalue weighted by Gasteiger charge is 2.20. The molecule has 0 saturated heterocycles. The molecule has 138 valence electrons. The van der Waals surface area contributed by atoms with Crippen LogP contribution in [0.2, 0.25) is 0 Å². The van der Waals surface area contributed by atoms with Crippen molar-refractivity contribution in [1.29, 1.82) is 0 Å². The number of hydrogen-bond donors (Lipinski definition) is 1. The van der Waals surface area contributed by atoms with Gasteiger partial charge in [0.05, 0.1) is 23.7 Å². The zero-order valence-electron chi connectivity index (χ0n) is 14.0. The Hall–Kier alpha value is -2.71. The van der Waals surface area contributed by atoms with E-state index in [1.165, 1.54) is 13.2 Å². The summed E-state index contributed by atoms with van der Waals surface area (Å²) in [5.41, 5.74) is -0.446. The molecule has 0 atom stereocenters. The highest BCUT2D eigenvalue weighted by molar-refractivity contribution is 5.92. The molecule has 0 aliphatic heterocycles. The van der Waals surface area contributed by atoms with E-state index < -0.39 is 28.9 Å². The fourth-order valence-electron chi connectivity index (χ4n) is 2.02. The molecular weight excluding hydrogens is 338 g/mol. The Balaban J connectivity index is 2.99. The number of halogens is 2. The Kier molecular flexibility index (Phi) is 8.31. The number of nitro benzene ring substituents is 1. The van der Waals surface area contributed by atoms with Crippen LogP contribution in [0.5, 0.6) is 11.5 Å². The summed E-state index contributed by atoms with van der Waals surface area (Å²) >= 11 is 0. The number of carbonyl (C=O) groups excluding carboxylic acids is 1. The van der Waals surface area contributed by atoms with Crippen molar-refractivity contribution < 1.29 is 28.0 Å². The van der Waals surface area contributed by atoms with Gasteiger partial charge in [0.2, 0.25) is 5.91 Å². The molecule has 0 spiro atoms. The number of carbonyl (C=O) groups is 1. The number of methoxy groups -OCH3 is 1. The number of nitrogens with one attached hydrogen (secondary N) is 1. The molecule has 0 saturated carbocycles. The van der Waals surface area contributed by atoms with Crippen molar-refractivity contribution in [3.05, 3.63) is 33.9 Å². The van der Waals surface area contributed by atoms with E-state index in [4.69, 9.17) is 4.74 Å². The van der Waals surface area contributed by atoms with Crippen LogP contribution < -0.4 is 14.8 Å². The van der Waals surface area contributed by atoms with E-state index >= 15 is 0 Å². The van der Waals surface area contributed by atoms with Gasteiger partial charge in [-0.3, -0.25) is 14.9 Å². The van der Waals surface area contributed by atoms with Crippen LogP contribution in [0.4, 0.5) is 14.5 Å². The van der Waals surface area contributed by atoms with Crippen molar-refractivity contribution >= 4 is 17.7 Å². The van der Waals surface area contributed by atoms with E-state index in [9.17, 15) is 23.7 Å². The summed E-state index contributed by atoms with van der Waals surface area (Å²) in [7, 11) is 1.22. The Morgan fingerprint density at radius 2 is 2.08 bits per heavy atom.